The zero-order chi connectivity index (χ0) is 12.9. The Balaban J connectivity index is 4.32. The predicted octanol–water partition coefficient (Wildman–Crippen LogP) is -1.21. The highest BCUT2D eigenvalue weighted by Gasteiger charge is 2.33. The van der Waals surface area contributed by atoms with E-state index in [1.165, 1.54) is 0 Å². The molecule has 0 spiro atoms. The smallest absolute Gasteiger partial charge is 0.338 e. The highest BCUT2D eigenvalue weighted by atomic mass is 16.6. The van der Waals surface area contributed by atoms with Gasteiger partial charge in [-0.3, -0.25) is 0 Å². The molecule has 0 aromatic heterocycles. The largest absolute Gasteiger partial charge is 0.458 e. The first-order valence-electron chi connectivity index (χ1n) is 5.07. The third-order valence-corrected chi connectivity index (χ3v) is 1.79. The van der Waals surface area contributed by atoms with Gasteiger partial charge in [-0.05, 0) is 27.2 Å². The van der Waals surface area contributed by atoms with E-state index in [0.717, 1.165) is 0 Å². The van der Waals surface area contributed by atoms with Gasteiger partial charge in [-0.25, -0.2) is 4.79 Å². The van der Waals surface area contributed by atoms with Gasteiger partial charge < -0.3 is 25.2 Å². The van der Waals surface area contributed by atoms with E-state index in [-0.39, 0.29) is 13.0 Å². The molecule has 6 nitrogen and oxygen atoms in total. The molecule has 6 heteroatoms. The van der Waals surface area contributed by atoms with Crippen molar-refractivity contribution in [2.24, 2.45) is 0 Å². The van der Waals surface area contributed by atoms with Crippen LogP contribution in [0.15, 0.2) is 0 Å². The Morgan fingerprint density at radius 1 is 1.25 bits per heavy atom. The Labute approximate surface area is 94.5 Å². The third kappa shape index (κ3) is 5.41. The van der Waals surface area contributed by atoms with Gasteiger partial charge in [0, 0.05) is 6.61 Å². The lowest BCUT2D eigenvalue weighted by molar-refractivity contribution is -0.176. The highest BCUT2D eigenvalue weighted by Crippen LogP contribution is 2.12. The van der Waals surface area contributed by atoms with E-state index in [0.29, 0.717) is 0 Å². The van der Waals surface area contributed by atoms with Crippen molar-refractivity contribution in [2.75, 3.05) is 6.61 Å². The predicted molar refractivity (Wildman–Crippen MR) is 55.6 cm³/mol. The van der Waals surface area contributed by atoms with Crippen LogP contribution in [0.25, 0.3) is 0 Å². The fourth-order valence-electron chi connectivity index (χ4n) is 1.02. The summed E-state index contributed by atoms with van der Waals surface area (Å²) in [6.45, 7) is 4.51. The van der Waals surface area contributed by atoms with Crippen LogP contribution >= 0.6 is 0 Å². The van der Waals surface area contributed by atoms with Crippen LogP contribution in [0.2, 0.25) is 0 Å². The minimum absolute atomic E-state index is 0.124. The van der Waals surface area contributed by atoms with Gasteiger partial charge in [-0.1, -0.05) is 0 Å². The number of esters is 1. The molecule has 0 saturated carbocycles. The standard InChI is InChI=1S/C10H20O6/c1-10(2,3)16-9(15)8(14)7(13)6(12)4-5-11/h6-8,11-14H,4-5H2,1-3H3/t6?,7-,8?/m1/s1. The summed E-state index contributed by atoms with van der Waals surface area (Å²) in [5.41, 5.74) is -0.778. The van der Waals surface area contributed by atoms with Gasteiger partial charge in [-0.15, -0.1) is 0 Å². The number of ether oxygens (including phenoxy) is 1. The number of carbonyl (C=O) groups is 1. The first-order valence-corrected chi connectivity index (χ1v) is 5.07. The van der Waals surface area contributed by atoms with Crippen LogP contribution in [0.4, 0.5) is 0 Å². The maximum atomic E-state index is 11.3. The summed E-state index contributed by atoms with van der Waals surface area (Å²) in [5, 5.41) is 36.5. The van der Waals surface area contributed by atoms with Crippen molar-refractivity contribution < 1.29 is 30.0 Å². The van der Waals surface area contributed by atoms with Crippen LogP contribution in [0.5, 0.6) is 0 Å². The molecule has 0 aromatic carbocycles. The molecule has 0 fully saturated rings. The summed E-state index contributed by atoms with van der Waals surface area (Å²) in [6, 6.07) is 0. The Morgan fingerprint density at radius 3 is 2.12 bits per heavy atom. The van der Waals surface area contributed by atoms with Crippen molar-refractivity contribution in [3.8, 4) is 0 Å². The van der Waals surface area contributed by atoms with Crippen LogP contribution in [0.3, 0.4) is 0 Å². The van der Waals surface area contributed by atoms with Crippen molar-refractivity contribution in [3.05, 3.63) is 0 Å². The molecule has 0 bridgehead atoms. The van der Waals surface area contributed by atoms with Crippen LogP contribution < -0.4 is 0 Å². The van der Waals surface area contributed by atoms with Gasteiger partial charge in [0.05, 0.1) is 6.10 Å². The SMILES string of the molecule is CC(C)(C)OC(=O)C(O)[C@H](O)C(O)CCO. The lowest BCUT2D eigenvalue weighted by atomic mass is 10.1. The fourth-order valence-corrected chi connectivity index (χ4v) is 1.02. The van der Waals surface area contributed by atoms with Crippen molar-refractivity contribution in [1.82, 2.24) is 0 Å². The van der Waals surface area contributed by atoms with Gasteiger partial charge >= 0.3 is 5.97 Å². The molecule has 0 aliphatic rings. The molecular weight excluding hydrogens is 216 g/mol. The molecule has 16 heavy (non-hydrogen) atoms. The number of rotatable bonds is 5. The van der Waals surface area contributed by atoms with Crippen LogP contribution in [0.1, 0.15) is 27.2 Å². The van der Waals surface area contributed by atoms with E-state index in [2.05, 4.69) is 0 Å². The Hall–Kier alpha value is -0.690. The number of carbonyl (C=O) groups excluding carboxylic acids is 1. The molecule has 0 aliphatic carbocycles. The molecule has 0 aromatic rings. The van der Waals surface area contributed by atoms with Gasteiger partial charge in [0.1, 0.15) is 11.7 Å². The second kappa shape index (κ2) is 6.15. The van der Waals surface area contributed by atoms with Gasteiger partial charge in [-0.2, -0.15) is 0 Å². The van der Waals surface area contributed by atoms with Crippen molar-refractivity contribution in [3.63, 3.8) is 0 Å². The van der Waals surface area contributed by atoms with E-state index in [1.54, 1.807) is 20.8 Å². The first-order chi connectivity index (χ1) is 7.19. The molecule has 0 amide bonds. The topological polar surface area (TPSA) is 107 Å². The molecule has 96 valence electrons. The second-order valence-electron chi connectivity index (χ2n) is 4.55. The monoisotopic (exact) mass is 236 g/mol. The summed E-state index contributed by atoms with van der Waals surface area (Å²) in [7, 11) is 0. The average molecular weight is 236 g/mol. The molecule has 0 rings (SSSR count). The summed E-state index contributed by atoms with van der Waals surface area (Å²) in [5.74, 6) is -1.00. The number of aliphatic hydroxyl groups is 4. The zero-order valence-corrected chi connectivity index (χ0v) is 9.75. The van der Waals surface area contributed by atoms with Crippen molar-refractivity contribution in [1.29, 1.82) is 0 Å². The number of hydrogen-bond donors (Lipinski definition) is 4. The second-order valence-corrected chi connectivity index (χ2v) is 4.55. The molecule has 0 aliphatic heterocycles. The van der Waals surface area contributed by atoms with Crippen molar-refractivity contribution >= 4 is 5.97 Å². The molecule has 0 radical (unpaired) electrons. The summed E-state index contributed by atoms with van der Waals surface area (Å²) in [6.07, 6.45) is -4.98. The molecule has 2 unspecified atom stereocenters. The quantitative estimate of drug-likeness (QED) is 0.446. The minimum atomic E-state index is -1.82. The highest BCUT2D eigenvalue weighted by molar-refractivity contribution is 5.75. The van der Waals surface area contributed by atoms with Crippen LogP contribution in [-0.2, 0) is 9.53 Å². The van der Waals surface area contributed by atoms with E-state index in [1.807, 2.05) is 0 Å². The molecule has 4 N–H and O–H groups in total. The lowest BCUT2D eigenvalue weighted by Crippen LogP contribution is -2.45. The first kappa shape index (κ1) is 15.3. The molecular formula is C10H20O6. The minimum Gasteiger partial charge on any atom is -0.458 e. The summed E-state index contributed by atoms with van der Waals surface area (Å²) in [4.78, 5) is 11.3. The maximum absolute atomic E-state index is 11.3. The molecule has 0 saturated heterocycles. The van der Waals surface area contributed by atoms with E-state index in [9.17, 15) is 20.1 Å². The normalized spacial score (nSPS) is 17.7. The van der Waals surface area contributed by atoms with E-state index in [4.69, 9.17) is 9.84 Å². The summed E-state index contributed by atoms with van der Waals surface area (Å²) >= 11 is 0. The van der Waals surface area contributed by atoms with Gasteiger partial charge in [0.15, 0.2) is 6.10 Å². The average Bonchev–Trinajstić information content (AvgIpc) is 2.13. The van der Waals surface area contributed by atoms with Crippen molar-refractivity contribution in [2.45, 2.75) is 51.1 Å². The maximum Gasteiger partial charge on any atom is 0.338 e. The van der Waals surface area contributed by atoms with E-state index >= 15 is 0 Å². The van der Waals surface area contributed by atoms with Crippen LogP contribution in [-0.4, -0.2) is 56.9 Å². The molecule has 0 heterocycles. The number of aliphatic hydroxyl groups excluding tert-OH is 4. The Morgan fingerprint density at radius 2 is 1.75 bits per heavy atom. The summed E-state index contributed by atoms with van der Waals surface area (Å²) < 4.78 is 4.83. The number of hydrogen-bond acceptors (Lipinski definition) is 6. The Kier molecular flexibility index (Phi) is 5.88. The third-order valence-electron chi connectivity index (χ3n) is 1.79. The van der Waals surface area contributed by atoms with Gasteiger partial charge in [0.25, 0.3) is 0 Å². The fraction of sp³-hybridized carbons (Fsp3) is 0.900. The van der Waals surface area contributed by atoms with Crippen LogP contribution in [0, 0.1) is 0 Å². The van der Waals surface area contributed by atoms with E-state index < -0.39 is 29.9 Å². The lowest BCUT2D eigenvalue weighted by Gasteiger charge is -2.25. The zero-order valence-electron chi connectivity index (χ0n) is 9.75. The molecule has 3 atom stereocenters. The Bertz CT molecular complexity index is 222. The van der Waals surface area contributed by atoms with Gasteiger partial charge in [0.2, 0.25) is 0 Å².